The Morgan fingerprint density at radius 1 is 1.14 bits per heavy atom. The highest BCUT2D eigenvalue weighted by Crippen LogP contribution is 2.55. The third-order valence-electron chi connectivity index (χ3n) is 7.85. The predicted molar refractivity (Wildman–Crippen MR) is 134 cm³/mol. The minimum Gasteiger partial charge on any atom is -0.507 e. The van der Waals surface area contributed by atoms with Crippen LogP contribution in [0.1, 0.15) is 42.6 Å². The summed E-state index contributed by atoms with van der Waals surface area (Å²) in [5.41, 5.74) is 2.68. The number of amides is 1. The molecule has 0 spiro atoms. The van der Waals surface area contributed by atoms with E-state index in [0.717, 1.165) is 0 Å². The maximum atomic E-state index is 14.0. The minimum atomic E-state index is -3.00. The van der Waals surface area contributed by atoms with E-state index >= 15 is 0 Å². The number of phenols is 1. The Bertz CT molecular complexity index is 1210. The molecule has 8 atom stereocenters. The molecule has 4 unspecified atom stereocenters. The van der Waals surface area contributed by atoms with E-state index in [1.807, 2.05) is 20.8 Å². The zero-order valence-corrected chi connectivity index (χ0v) is 22.1. The summed E-state index contributed by atoms with van der Waals surface area (Å²) in [6.07, 6.45) is -1.65. The normalized spacial score (nSPS) is 35.7. The van der Waals surface area contributed by atoms with E-state index in [0.29, 0.717) is 11.3 Å². The number of nitrogens with two attached hydrogens (primary N) is 1. The van der Waals surface area contributed by atoms with Crippen LogP contribution in [0.4, 0.5) is 0 Å². The molecule has 1 aromatic carbocycles. The molecule has 0 radical (unpaired) electrons. The molecule has 4 rings (SSSR count). The Morgan fingerprint density at radius 2 is 1.76 bits per heavy atom. The summed E-state index contributed by atoms with van der Waals surface area (Å²) in [6, 6.07) is 3.13. The van der Waals surface area contributed by atoms with Gasteiger partial charge in [-0.2, -0.15) is 11.8 Å². The lowest BCUT2D eigenvalue weighted by atomic mass is 9.49. The average Bonchev–Trinajstić information content (AvgIpc) is 2.77. The van der Waals surface area contributed by atoms with Crippen molar-refractivity contribution in [3.05, 3.63) is 29.3 Å². The second kappa shape index (κ2) is 9.00. The maximum absolute atomic E-state index is 14.0. The van der Waals surface area contributed by atoms with Gasteiger partial charge in [0.1, 0.15) is 5.75 Å². The van der Waals surface area contributed by atoms with Crippen molar-refractivity contribution in [2.45, 2.75) is 49.2 Å². The van der Waals surface area contributed by atoms with Crippen LogP contribution < -0.4 is 5.73 Å². The largest absolute Gasteiger partial charge is 0.507 e. The van der Waals surface area contributed by atoms with Crippen LogP contribution in [0.3, 0.4) is 0 Å². The van der Waals surface area contributed by atoms with E-state index in [1.165, 1.54) is 36.8 Å². The van der Waals surface area contributed by atoms with Crippen LogP contribution >= 0.6 is 11.8 Å². The monoisotopic (exact) mass is 532 g/mol. The predicted octanol–water partition coefficient (Wildman–Crippen LogP) is -0.0894. The third-order valence-corrected chi connectivity index (χ3v) is 9.24. The molecule has 0 aromatic heterocycles. The lowest BCUT2D eigenvalue weighted by Crippen LogP contribution is -2.77. The standard InChI is InChI=1S/C26H32N2O8S/c1-25(2,3)37-9-11-10-7-6-8-12(29)13(10)19(30)15-14(11)20(31)17-18(28(4)5)21(32)16(24(27)35)23(34)26(17,36)22(15)33/h6-8,11,14-18,20,29,31,36H,9H2,1-5H3,(H2,27,35)/t11-,14?,15?,16?,17?,18-,20-,26-/m0/s1. The first kappa shape index (κ1) is 27.4. The highest BCUT2D eigenvalue weighted by atomic mass is 32.2. The van der Waals surface area contributed by atoms with E-state index in [4.69, 9.17) is 5.73 Å². The number of aliphatic hydroxyl groups is 2. The summed E-state index contributed by atoms with van der Waals surface area (Å²) in [6.45, 7) is 5.95. The van der Waals surface area contributed by atoms with E-state index < -0.39 is 76.4 Å². The number of aliphatic hydroxyl groups excluding tert-OH is 1. The van der Waals surface area contributed by atoms with E-state index in [9.17, 15) is 39.3 Å². The van der Waals surface area contributed by atoms with Crippen molar-refractivity contribution in [3.8, 4) is 5.75 Å². The summed E-state index contributed by atoms with van der Waals surface area (Å²) >= 11 is 1.53. The van der Waals surface area contributed by atoms with Gasteiger partial charge >= 0.3 is 0 Å². The zero-order valence-electron chi connectivity index (χ0n) is 21.3. The molecule has 1 aromatic rings. The Morgan fingerprint density at radius 3 is 2.30 bits per heavy atom. The van der Waals surface area contributed by atoms with Crippen molar-refractivity contribution in [1.82, 2.24) is 4.90 Å². The molecular weight excluding hydrogens is 500 g/mol. The van der Waals surface area contributed by atoms with Crippen molar-refractivity contribution >= 4 is 40.8 Å². The molecule has 1 amide bonds. The summed E-state index contributed by atoms with van der Waals surface area (Å²) < 4.78 is -0.226. The number of primary amides is 1. The molecular formula is C26H32N2O8S. The molecule has 2 fully saturated rings. The number of benzene rings is 1. The number of rotatable bonds is 4. The number of Topliss-reactive ketones (excluding diaryl/α,β-unsaturated/α-hetero) is 4. The van der Waals surface area contributed by atoms with Gasteiger partial charge in [-0.1, -0.05) is 32.9 Å². The van der Waals surface area contributed by atoms with Crippen LogP contribution in [0.5, 0.6) is 5.75 Å². The Kier molecular flexibility index (Phi) is 6.68. The number of hydrogen-bond donors (Lipinski definition) is 4. The van der Waals surface area contributed by atoms with Crippen LogP contribution in [0, 0.1) is 23.7 Å². The van der Waals surface area contributed by atoms with Gasteiger partial charge in [0.15, 0.2) is 34.7 Å². The van der Waals surface area contributed by atoms with E-state index in [2.05, 4.69) is 0 Å². The van der Waals surface area contributed by atoms with Crippen LogP contribution in [-0.2, 0) is 19.2 Å². The number of ketones is 4. The molecule has 5 N–H and O–H groups in total. The number of nitrogens with zero attached hydrogens (tertiary/aromatic N) is 1. The van der Waals surface area contributed by atoms with Gasteiger partial charge in [0.05, 0.1) is 29.5 Å². The van der Waals surface area contributed by atoms with Crippen molar-refractivity contribution in [2.75, 3.05) is 19.8 Å². The number of thioether (sulfide) groups is 1. The Hall–Kier alpha value is -2.60. The molecule has 0 saturated heterocycles. The lowest BCUT2D eigenvalue weighted by Gasteiger charge is -2.56. The quantitative estimate of drug-likeness (QED) is 0.384. The first-order chi connectivity index (χ1) is 17.1. The number of likely N-dealkylation sites (N-methyl/N-ethyl adjacent to an activating group) is 1. The maximum Gasteiger partial charge on any atom is 0.235 e. The smallest absolute Gasteiger partial charge is 0.235 e. The van der Waals surface area contributed by atoms with Crippen molar-refractivity contribution in [2.24, 2.45) is 29.4 Å². The molecule has 0 heterocycles. The van der Waals surface area contributed by atoms with Gasteiger partial charge in [-0.25, -0.2) is 0 Å². The van der Waals surface area contributed by atoms with Crippen molar-refractivity contribution in [3.63, 3.8) is 0 Å². The fraction of sp³-hybridized carbons (Fsp3) is 0.577. The van der Waals surface area contributed by atoms with E-state index in [1.54, 1.807) is 12.1 Å². The Balaban J connectivity index is 1.96. The van der Waals surface area contributed by atoms with Crippen LogP contribution in [-0.4, -0.2) is 91.6 Å². The minimum absolute atomic E-state index is 0.0965. The molecule has 10 nitrogen and oxygen atoms in total. The highest BCUT2D eigenvalue weighted by Gasteiger charge is 2.73. The molecule has 3 aliphatic rings. The SMILES string of the molecule is CN(C)[C@@H]1C(=O)C(C(N)=O)C(=O)[C@@]2(O)C(=O)C3C(=O)c4c(O)cccc4[C@H](CSC(C)(C)C)C3[C@H](O)C12. The van der Waals surface area contributed by atoms with Gasteiger partial charge in [0.25, 0.3) is 0 Å². The topological polar surface area (TPSA) is 175 Å². The van der Waals surface area contributed by atoms with Crippen LogP contribution in [0.25, 0.3) is 0 Å². The molecule has 11 heteroatoms. The van der Waals surface area contributed by atoms with Gasteiger partial charge in [0, 0.05) is 22.3 Å². The molecule has 0 bridgehead atoms. The fourth-order valence-electron chi connectivity index (χ4n) is 6.31. The number of hydrogen-bond acceptors (Lipinski definition) is 10. The second-order valence-corrected chi connectivity index (χ2v) is 13.2. The van der Waals surface area contributed by atoms with E-state index in [-0.39, 0.29) is 16.1 Å². The number of phenolic OH excluding ortho intramolecular Hbond substituents is 1. The third kappa shape index (κ3) is 3.94. The van der Waals surface area contributed by atoms with Gasteiger partial charge < -0.3 is 21.1 Å². The molecule has 3 aliphatic carbocycles. The molecule has 37 heavy (non-hydrogen) atoms. The van der Waals surface area contributed by atoms with Crippen LogP contribution in [0.2, 0.25) is 0 Å². The fourth-order valence-corrected chi connectivity index (χ4v) is 7.39. The van der Waals surface area contributed by atoms with Crippen molar-refractivity contribution in [1.29, 1.82) is 0 Å². The molecule has 0 aliphatic heterocycles. The van der Waals surface area contributed by atoms with Gasteiger partial charge in [0.2, 0.25) is 5.91 Å². The first-order valence-electron chi connectivity index (χ1n) is 12.0. The number of carbonyl (C=O) groups is 5. The number of aromatic hydroxyl groups is 1. The number of carbonyl (C=O) groups excluding carboxylic acids is 5. The summed E-state index contributed by atoms with van der Waals surface area (Å²) in [5, 5.41) is 34.1. The van der Waals surface area contributed by atoms with Gasteiger partial charge in [-0.15, -0.1) is 0 Å². The average molecular weight is 533 g/mol. The first-order valence-corrected chi connectivity index (χ1v) is 13.0. The zero-order chi connectivity index (χ0) is 27.8. The molecule has 200 valence electrons. The van der Waals surface area contributed by atoms with Gasteiger partial charge in [-0.3, -0.25) is 28.9 Å². The Labute approximate surface area is 218 Å². The number of fused-ring (bicyclic) bond motifs is 3. The van der Waals surface area contributed by atoms with Crippen molar-refractivity contribution < 1.29 is 39.3 Å². The van der Waals surface area contributed by atoms with Crippen LogP contribution in [0.15, 0.2) is 18.2 Å². The van der Waals surface area contributed by atoms with Gasteiger partial charge in [-0.05, 0) is 25.7 Å². The molecule has 2 saturated carbocycles. The summed E-state index contributed by atoms with van der Waals surface area (Å²) in [4.78, 5) is 67.8. The summed E-state index contributed by atoms with van der Waals surface area (Å²) in [5.74, 6) is -12.8. The summed E-state index contributed by atoms with van der Waals surface area (Å²) in [7, 11) is 2.93. The highest BCUT2D eigenvalue weighted by molar-refractivity contribution is 8.00. The lowest BCUT2D eigenvalue weighted by molar-refractivity contribution is -0.196. The second-order valence-electron chi connectivity index (χ2n) is 11.3.